The van der Waals surface area contributed by atoms with E-state index in [0.29, 0.717) is 0 Å². The van der Waals surface area contributed by atoms with Crippen LogP contribution >= 0.6 is 0 Å². The van der Waals surface area contributed by atoms with Gasteiger partial charge in [-0.3, -0.25) is 0 Å². The van der Waals surface area contributed by atoms with Gasteiger partial charge in [-0.05, 0) is 99.4 Å². The molecule has 2 aromatic heterocycles. The topological polar surface area (TPSA) is 29.5 Å². The minimum atomic E-state index is 0.865. The number of furan rings is 2. The fraction of sp³-hybridized carbons (Fsp3) is 0. The molecule has 0 N–H and O–H groups in total. The summed E-state index contributed by atoms with van der Waals surface area (Å²) >= 11 is 0. The minimum Gasteiger partial charge on any atom is -0.456 e. The van der Waals surface area contributed by atoms with E-state index in [1.807, 2.05) is 12.1 Å². The zero-order valence-corrected chi connectivity index (χ0v) is 29.8. The second-order valence-electron chi connectivity index (χ2n) is 14.1. The Kier molecular flexibility index (Phi) is 7.17. The minimum absolute atomic E-state index is 0.865. The van der Waals surface area contributed by atoms with Gasteiger partial charge in [0, 0.05) is 32.9 Å². The highest BCUT2D eigenvalue weighted by molar-refractivity contribution is 6.19. The molecule has 0 aliphatic heterocycles. The van der Waals surface area contributed by atoms with Gasteiger partial charge < -0.3 is 13.7 Å². The molecule has 11 aromatic rings. The van der Waals surface area contributed by atoms with Crippen molar-refractivity contribution >= 4 is 71.7 Å². The molecular weight excluding hydrogens is 671 g/mol. The van der Waals surface area contributed by atoms with E-state index in [9.17, 15) is 0 Å². The van der Waals surface area contributed by atoms with E-state index in [4.69, 9.17) is 8.83 Å². The van der Waals surface area contributed by atoms with E-state index in [0.717, 1.165) is 77.5 Å². The summed E-state index contributed by atoms with van der Waals surface area (Å²) in [6.45, 7) is 0. The van der Waals surface area contributed by atoms with Crippen LogP contribution in [-0.4, -0.2) is 0 Å². The fourth-order valence-corrected chi connectivity index (χ4v) is 8.24. The summed E-state index contributed by atoms with van der Waals surface area (Å²) in [5.41, 5.74) is 13.7. The highest BCUT2D eigenvalue weighted by Gasteiger charge is 2.20. The highest BCUT2D eigenvalue weighted by Crippen LogP contribution is 2.44. The summed E-state index contributed by atoms with van der Waals surface area (Å²) in [4.78, 5) is 2.33. The molecule has 0 fully saturated rings. The van der Waals surface area contributed by atoms with Crippen LogP contribution in [0.3, 0.4) is 0 Å². The third-order valence-electron chi connectivity index (χ3n) is 10.9. The third-order valence-corrected chi connectivity index (χ3v) is 10.9. The van der Waals surface area contributed by atoms with Crippen LogP contribution < -0.4 is 4.90 Å². The van der Waals surface area contributed by atoms with Gasteiger partial charge in [0.05, 0.1) is 11.1 Å². The number of anilines is 3. The Labute approximate surface area is 317 Å². The number of nitrogens with zero attached hydrogens (tertiary/aromatic N) is 1. The van der Waals surface area contributed by atoms with E-state index in [-0.39, 0.29) is 0 Å². The van der Waals surface area contributed by atoms with Crippen molar-refractivity contribution in [2.45, 2.75) is 0 Å². The predicted molar refractivity (Wildman–Crippen MR) is 229 cm³/mol. The van der Waals surface area contributed by atoms with Crippen LogP contribution in [-0.2, 0) is 0 Å². The summed E-state index contributed by atoms with van der Waals surface area (Å²) in [7, 11) is 0. The van der Waals surface area contributed by atoms with Gasteiger partial charge in [0.1, 0.15) is 22.3 Å². The van der Waals surface area contributed by atoms with E-state index < -0.39 is 0 Å². The molecule has 0 bridgehead atoms. The Morgan fingerprint density at radius 1 is 0.309 bits per heavy atom. The van der Waals surface area contributed by atoms with E-state index in [2.05, 4.69) is 193 Å². The summed E-state index contributed by atoms with van der Waals surface area (Å²) in [5, 5.41) is 6.74. The first kappa shape index (κ1) is 31.2. The van der Waals surface area contributed by atoms with Gasteiger partial charge in [-0.1, -0.05) is 140 Å². The number of hydrogen-bond acceptors (Lipinski definition) is 3. The zero-order chi connectivity index (χ0) is 36.3. The lowest BCUT2D eigenvalue weighted by Crippen LogP contribution is -2.10. The van der Waals surface area contributed by atoms with Crippen LogP contribution in [0.15, 0.2) is 209 Å². The molecule has 0 saturated carbocycles. The summed E-state index contributed by atoms with van der Waals surface area (Å²) in [6.07, 6.45) is 0. The average Bonchev–Trinajstić information content (AvgIpc) is 3.83. The number of rotatable bonds is 6. The smallest absolute Gasteiger partial charge is 0.143 e. The molecule has 0 unspecified atom stereocenters. The summed E-state index contributed by atoms with van der Waals surface area (Å²) in [5.74, 6) is 0. The molecule has 258 valence electrons. The Hall–Kier alpha value is -7.36. The van der Waals surface area contributed by atoms with Crippen molar-refractivity contribution in [3.63, 3.8) is 0 Å². The number of para-hydroxylation sites is 1. The Morgan fingerprint density at radius 2 is 0.873 bits per heavy atom. The molecular formula is C52H33NO2. The molecule has 2 heterocycles. The predicted octanol–water partition coefficient (Wildman–Crippen LogP) is 15.1. The van der Waals surface area contributed by atoms with Gasteiger partial charge >= 0.3 is 0 Å². The fourth-order valence-electron chi connectivity index (χ4n) is 8.24. The molecule has 11 rings (SSSR count). The first-order chi connectivity index (χ1) is 27.3. The van der Waals surface area contributed by atoms with Gasteiger partial charge in [0.25, 0.3) is 0 Å². The van der Waals surface area contributed by atoms with Crippen molar-refractivity contribution in [1.82, 2.24) is 0 Å². The van der Waals surface area contributed by atoms with Crippen molar-refractivity contribution in [2.75, 3.05) is 4.90 Å². The second kappa shape index (κ2) is 12.6. The van der Waals surface area contributed by atoms with Crippen LogP contribution in [0.2, 0.25) is 0 Å². The summed E-state index contributed by atoms with van der Waals surface area (Å²) in [6, 6.07) is 70.8. The lowest BCUT2D eigenvalue weighted by atomic mass is 9.95. The normalized spacial score (nSPS) is 11.6. The Bertz CT molecular complexity index is 3180. The van der Waals surface area contributed by atoms with E-state index >= 15 is 0 Å². The number of benzene rings is 9. The standard InChI is InChI=1S/C52H33NO2/c1-3-12-34(13-4-1)35-22-27-39(28-23-35)53(47-19-11-21-49-51(47)44-18-9-10-20-48(44)54-49)40-29-24-36(25-30-40)38-26-31-42-46-33-45(37-14-5-2-6-15-37)41-16-7-8-17-43(41)52(46)55-50(42)32-38/h1-33H. The lowest BCUT2D eigenvalue weighted by Gasteiger charge is -2.26. The van der Waals surface area contributed by atoms with Crippen LogP contribution in [0.25, 0.3) is 88.0 Å². The molecule has 0 aliphatic rings. The first-order valence-corrected chi connectivity index (χ1v) is 18.7. The third kappa shape index (κ3) is 5.20. The monoisotopic (exact) mass is 703 g/mol. The lowest BCUT2D eigenvalue weighted by molar-refractivity contribution is 0.669. The Balaban J connectivity index is 1.02. The molecule has 3 heteroatoms. The van der Waals surface area contributed by atoms with Crippen molar-refractivity contribution in [3.05, 3.63) is 200 Å². The maximum atomic E-state index is 6.69. The van der Waals surface area contributed by atoms with Gasteiger partial charge in [-0.15, -0.1) is 0 Å². The van der Waals surface area contributed by atoms with Crippen LogP contribution in [0.1, 0.15) is 0 Å². The quantitative estimate of drug-likeness (QED) is 0.173. The molecule has 3 nitrogen and oxygen atoms in total. The average molecular weight is 704 g/mol. The van der Waals surface area contributed by atoms with Crippen LogP contribution in [0.4, 0.5) is 17.1 Å². The van der Waals surface area contributed by atoms with Crippen LogP contribution in [0, 0.1) is 0 Å². The highest BCUT2D eigenvalue weighted by atomic mass is 16.3. The largest absolute Gasteiger partial charge is 0.456 e. The zero-order valence-electron chi connectivity index (χ0n) is 29.8. The van der Waals surface area contributed by atoms with Crippen molar-refractivity contribution in [3.8, 4) is 33.4 Å². The van der Waals surface area contributed by atoms with Gasteiger partial charge in [0.2, 0.25) is 0 Å². The molecule has 0 amide bonds. The Morgan fingerprint density at radius 3 is 1.60 bits per heavy atom. The van der Waals surface area contributed by atoms with E-state index in [1.54, 1.807) is 0 Å². The molecule has 9 aromatic carbocycles. The first-order valence-electron chi connectivity index (χ1n) is 18.7. The van der Waals surface area contributed by atoms with Crippen molar-refractivity contribution < 1.29 is 8.83 Å². The molecule has 0 aliphatic carbocycles. The summed E-state index contributed by atoms with van der Waals surface area (Å²) < 4.78 is 13.0. The molecule has 0 saturated heterocycles. The van der Waals surface area contributed by atoms with E-state index in [1.165, 1.54) is 27.6 Å². The maximum absolute atomic E-state index is 6.69. The molecule has 0 spiro atoms. The second-order valence-corrected chi connectivity index (χ2v) is 14.1. The van der Waals surface area contributed by atoms with Crippen LogP contribution in [0.5, 0.6) is 0 Å². The van der Waals surface area contributed by atoms with Gasteiger partial charge in [-0.2, -0.15) is 0 Å². The van der Waals surface area contributed by atoms with Gasteiger partial charge in [0.15, 0.2) is 0 Å². The molecule has 0 radical (unpaired) electrons. The molecule has 55 heavy (non-hydrogen) atoms. The van der Waals surface area contributed by atoms with Gasteiger partial charge in [-0.25, -0.2) is 0 Å². The molecule has 0 atom stereocenters. The van der Waals surface area contributed by atoms with Crippen molar-refractivity contribution in [1.29, 1.82) is 0 Å². The van der Waals surface area contributed by atoms with Crippen molar-refractivity contribution in [2.24, 2.45) is 0 Å². The maximum Gasteiger partial charge on any atom is 0.143 e. The number of hydrogen-bond donors (Lipinski definition) is 0. The SMILES string of the molecule is c1ccc(-c2ccc(N(c3ccc(-c4ccc5c(c4)oc4c6ccccc6c(-c6ccccc6)cc54)cc3)c3cccc4oc5ccccc5c34)cc2)cc1. The number of fused-ring (bicyclic) bond motifs is 8.